The van der Waals surface area contributed by atoms with Crippen molar-refractivity contribution in [3.8, 4) is 0 Å². The Balaban J connectivity index is 4.17. The maximum Gasteiger partial charge on any atom is 0.293 e. The van der Waals surface area contributed by atoms with E-state index in [4.69, 9.17) is 4.74 Å². The van der Waals surface area contributed by atoms with E-state index in [0.29, 0.717) is 6.47 Å². The summed E-state index contributed by atoms with van der Waals surface area (Å²) in [6.07, 6.45) is 10.2. The molecule has 0 N–H and O–H groups in total. The summed E-state index contributed by atoms with van der Waals surface area (Å²) in [4.78, 5) is 10.6. The number of hydrogen-bond donors (Lipinski definition) is 0. The molecule has 0 aliphatic heterocycles. The van der Waals surface area contributed by atoms with Crippen LogP contribution in [0.25, 0.3) is 0 Å². The molecule has 0 unspecified atom stereocenters. The van der Waals surface area contributed by atoms with Gasteiger partial charge in [-0.2, -0.15) is 0 Å². The number of hydrogen-bond acceptors (Lipinski definition) is 2. The summed E-state index contributed by atoms with van der Waals surface area (Å²) in [6.45, 7) is 7.17. The van der Waals surface area contributed by atoms with E-state index in [-0.39, 0.29) is 5.60 Å². The minimum atomic E-state index is -0.168. The first-order valence-corrected chi connectivity index (χ1v) is 6.86. The normalized spacial score (nSPS) is 11.4. The van der Waals surface area contributed by atoms with Crippen molar-refractivity contribution in [2.75, 3.05) is 0 Å². The average molecular weight is 228 g/mol. The fourth-order valence-corrected chi connectivity index (χ4v) is 2.44. The Bertz CT molecular complexity index is 160. The highest BCUT2D eigenvalue weighted by Gasteiger charge is 2.29. The zero-order valence-electron chi connectivity index (χ0n) is 11.3. The van der Waals surface area contributed by atoms with Crippen LogP contribution in [-0.4, -0.2) is 12.1 Å². The highest BCUT2D eigenvalue weighted by Crippen LogP contribution is 2.30. The number of unbranched alkanes of at least 4 members (excludes halogenated alkanes) is 3. The van der Waals surface area contributed by atoms with E-state index in [1.165, 1.54) is 25.7 Å². The van der Waals surface area contributed by atoms with Crippen molar-refractivity contribution in [1.82, 2.24) is 0 Å². The lowest BCUT2D eigenvalue weighted by Crippen LogP contribution is -2.32. The topological polar surface area (TPSA) is 26.3 Å². The monoisotopic (exact) mass is 228 g/mol. The van der Waals surface area contributed by atoms with E-state index in [2.05, 4.69) is 20.8 Å². The van der Waals surface area contributed by atoms with Gasteiger partial charge in [-0.25, -0.2) is 0 Å². The van der Waals surface area contributed by atoms with Crippen molar-refractivity contribution < 1.29 is 9.53 Å². The lowest BCUT2D eigenvalue weighted by Gasteiger charge is -2.31. The molecule has 96 valence electrons. The van der Waals surface area contributed by atoms with Crippen LogP contribution in [0.2, 0.25) is 0 Å². The van der Waals surface area contributed by atoms with Crippen molar-refractivity contribution >= 4 is 6.47 Å². The van der Waals surface area contributed by atoms with Gasteiger partial charge < -0.3 is 4.74 Å². The largest absolute Gasteiger partial charge is 0.461 e. The Morgan fingerprint density at radius 1 is 0.875 bits per heavy atom. The van der Waals surface area contributed by atoms with Crippen molar-refractivity contribution in [3.05, 3.63) is 0 Å². The van der Waals surface area contributed by atoms with Gasteiger partial charge in [0.25, 0.3) is 6.47 Å². The molecule has 0 fully saturated rings. The molecule has 0 radical (unpaired) electrons. The molecule has 2 nitrogen and oxygen atoms in total. The third-order valence-electron chi connectivity index (χ3n) is 3.20. The molecule has 0 aromatic carbocycles. The van der Waals surface area contributed by atoms with Gasteiger partial charge in [-0.05, 0) is 25.7 Å². The Kier molecular flexibility index (Phi) is 9.36. The van der Waals surface area contributed by atoms with E-state index in [1.807, 2.05) is 0 Å². The zero-order valence-corrected chi connectivity index (χ0v) is 11.3. The molecule has 0 aliphatic carbocycles. The fraction of sp³-hybridized carbons (Fsp3) is 0.929. The van der Waals surface area contributed by atoms with Crippen molar-refractivity contribution in [2.24, 2.45) is 0 Å². The second-order valence-electron chi connectivity index (χ2n) is 4.71. The van der Waals surface area contributed by atoms with Crippen molar-refractivity contribution in [2.45, 2.75) is 84.2 Å². The summed E-state index contributed by atoms with van der Waals surface area (Å²) >= 11 is 0. The molecule has 0 bridgehead atoms. The lowest BCUT2D eigenvalue weighted by atomic mass is 9.87. The van der Waals surface area contributed by atoms with E-state index < -0.39 is 0 Å². The standard InChI is InChI=1S/C14H28O2/c1-4-7-8-9-12-14(10-5-2,11-6-3)16-13-15/h13H,4-12H2,1-3H3. The van der Waals surface area contributed by atoms with Gasteiger partial charge in [0.15, 0.2) is 0 Å². The second-order valence-corrected chi connectivity index (χ2v) is 4.71. The first-order valence-electron chi connectivity index (χ1n) is 6.86. The van der Waals surface area contributed by atoms with Crippen LogP contribution in [0.1, 0.15) is 78.6 Å². The first kappa shape index (κ1) is 15.5. The summed E-state index contributed by atoms with van der Waals surface area (Å²) in [7, 11) is 0. The lowest BCUT2D eigenvalue weighted by molar-refractivity contribution is -0.146. The number of carbonyl (C=O) groups excluding carboxylic acids is 1. The van der Waals surface area contributed by atoms with Crippen LogP contribution in [-0.2, 0) is 9.53 Å². The maximum atomic E-state index is 10.6. The second kappa shape index (κ2) is 9.68. The van der Waals surface area contributed by atoms with Gasteiger partial charge in [-0.15, -0.1) is 0 Å². The Morgan fingerprint density at radius 2 is 1.50 bits per heavy atom. The molecule has 0 aromatic rings. The molecule has 0 saturated carbocycles. The third kappa shape index (κ3) is 6.14. The molecule has 16 heavy (non-hydrogen) atoms. The molecule has 2 heteroatoms. The minimum Gasteiger partial charge on any atom is -0.461 e. The third-order valence-corrected chi connectivity index (χ3v) is 3.20. The Morgan fingerprint density at radius 3 is 1.94 bits per heavy atom. The van der Waals surface area contributed by atoms with Gasteiger partial charge in [-0.3, -0.25) is 4.79 Å². The van der Waals surface area contributed by atoms with Gasteiger partial charge in [0, 0.05) is 0 Å². The summed E-state index contributed by atoms with van der Waals surface area (Å²) in [5, 5.41) is 0. The van der Waals surface area contributed by atoms with Crippen LogP contribution < -0.4 is 0 Å². The SMILES string of the molecule is CCCCCCC(CCC)(CCC)OC=O. The van der Waals surface area contributed by atoms with Crippen LogP contribution in [0.5, 0.6) is 0 Å². The van der Waals surface area contributed by atoms with Gasteiger partial charge in [0.2, 0.25) is 0 Å². The number of ether oxygens (including phenoxy) is 1. The molecule has 0 rings (SSSR count). The van der Waals surface area contributed by atoms with Crippen LogP contribution in [0, 0.1) is 0 Å². The highest BCUT2D eigenvalue weighted by molar-refractivity contribution is 5.38. The quantitative estimate of drug-likeness (QED) is 0.385. The maximum absolute atomic E-state index is 10.6. The predicted molar refractivity (Wildman–Crippen MR) is 68.5 cm³/mol. The fourth-order valence-electron chi connectivity index (χ4n) is 2.44. The first-order chi connectivity index (χ1) is 7.74. The molecule has 0 heterocycles. The molecular formula is C14H28O2. The molecule has 0 saturated heterocycles. The van der Waals surface area contributed by atoms with E-state index in [1.54, 1.807) is 0 Å². The van der Waals surface area contributed by atoms with Gasteiger partial charge >= 0.3 is 0 Å². The molecule has 0 atom stereocenters. The van der Waals surface area contributed by atoms with Crippen LogP contribution in [0.15, 0.2) is 0 Å². The van der Waals surface area contributed by atoms with E-state index in [9.17, 15) is 4.79 Å². The zero-order chi connectivity index (χ0) is 12.3. The van der Waals surface area contributed by atoms with E-state index >= 15 is 0 Å². The smallest absolute Gasteiger partial charge is 0.293 e. The van der Waals surface area contributed by atoms with Gasteiger partial charge in [-0.1, -0.05) is 52.9 Å². The summed E-state index contributed by atoms with van der Waals surface area (Å²) in [5.41, 5.74) is -0.168. The predicted octanol–water partition coefficient (Wildman–Crippen LogP) is 4.47. The number of carbonyl (C=O) groups is 1. The number of rotatable bonds is 11. The minimum absolute atomic E-state index is 0.168. The van der Waals surface area contributed by atoms with Crippen LogP contribution >= 0.6 is 0 Å². The van der Waals surface area contributed by atoms with E-state index in [0.717, 1.165) is 32.1 Å². The molecule has 0 aliphatic rings. The molecule has 0 aromatic heterocycles. The molecular weight excluding hydrogens is 200 g/mol. The molecule has 0 amide bonds. The average Bonchev–Trinajstić information content (AvgIpc) is 2.26. The Hall–Kier alpha value is -0.530. The molecule has 0 spiro atoms. The summed E-state index contributed by atoms with van der Waals surface area (Å²) in [6, 6.07) is 0. The van der Waals surface area contributed by atoms with Crippen LogP contribution in [0.3, 0.4) is 0 Å². The van der Waals surface area contributed by atoms with Crippen molar-refractivity contribution in [1.29, 1.82) is 0 Å². The van der Waals surface area contributed by atoms with Gasteiger partial charge in [0.05, 0.1) is 0 Å². The highest BCUT2D eigenvalue weighted by atomic mass is 16.5. The summed E-state index contributed by atoms with van der Waals surface area (Å²) < 4.78 is 5.41. The Labute approximate surface area is 101 Å². The van der Waals surface area contributed by atoms with Crippen LogP contribution in [0.4, 0.5) is 0 Å². The van der Waals surface area contributed by atoms with Crippen molar-refractivity contribution in [3.63, 3.8) is 0 Å². The van der Waals surface area contributed by atoms with Gasteiger partial charge in [0.1, 0.15) is 5.60 Å². The summed E-state index contributed by atoms with van der Waals surface area (Å²) in [5.74, 6) is 0.